The van der Waals surface area contributed by atoms with Crippen LogP contribution in [-0.4, -0.2) is 56.9 Å². The van der Waals surface area contributed by atoms with Crippen LogP contribution in [0.2, 0.25) is 0 Å². The SMILES string of the molecule is Cn1cc(-c2nc3c(N4CCC(n5c(=O)[nH]c6ncccc65)CC4)ncnc3n2C)cn1. The van der Waals surface area contributed by atoms with Crippen molar-refractivity contribution in [2.45, 2.75) is 18.9 Å². The minimum absolute atomic E-state index is 0.104. The average molecular weight is 430 g/mol. The maximum absolute atomic E-state index is 12.6. The van der Waals surface area contributed by atoms with E-state index in [4.69, 9.17) is 4.98 Å². The fraction of sp³-hybridized carbons (Fsp3) is 0.333. The van der Waals surface area contributed by atoms with Crippen molar-refractivity contribution in [1.29, 1.82) is 0 Å². The van der Waals surface area contributed by atoms with Crippen LogP contribution >= 0.6 is 0 Å². The topological polar surface area (TPSA) is 115 Å². The van der Waals surface area contributed by atoms with E-state index in [0.717, 1.165) is 59.8 Å². The molecule has 0 unspecified atom stereocenters. The Bertz CT molecular complexity index is 1500. The van der Waals surface area contributed by atoms with Gasteiger partial charge in [-0.05, 0) is 25.0 Å². The molecule has 0 aliphatic carbocycles. The molecule has 0 aromatic carbocycles. The lowest BCUT2D eigenvalue weighted by molar-refractivity contribution is 0.395. The predicted octanol–water partition coefficient (Wildman–Crippen LogP) is 1.64. The third-order valence-corrected chi connectivity index (χ3v) is 6.22. The summed E-state index contributed by atoms with van der Waals surface area (Å²) < 4.78 is 5.58. The van der Waals surface area contributed by atoms with Gasteiger partial charge >= 0.3 is 5.69 Å². The molecule has 0 bridgehead atoms. The van der Waals surface area contributed by atoms with Gasteiger partial charge in [0.1, 0.15) is 12.2 Å². The minimum atomic E-state index is -0.104. The molecule has 0 saturated carbocycles. The van der Waals surface area contributed by atoms with Gasteiger partial charge in [0.15, 0.2) is 22.6 Å². The van der Waals surface area contributed by atoms with Crippen LogP contribution in [0.25, 0.3) is 33.7 Å². The first-order chi connectivity index (χ1) is 15.6. The van der Waals surface area contributed by atoms with Gasteiger partial charge in [0, 0.05) is 45.6 Å². The number of anilines is 1. The van der Waals surface area contributed by atoms with Crippen LogP contribution in [0.5, 0.6) is 0 Å². The number of fused-ring (bicyclic) bond motifs is 2. The van der Waals surface area contributed by atoms with Gasteiger partial charge in [0.05, 0.1) is 17.3 Å². The van der Waals surface area contributed by atoms with Gasteiger partial charge in [-0.2, -0.15) is 5.10 Å². The van der Waals surface area contributed by atoms with Crippen molar-refractivity contribution in [2.75, 3.05) is 18.0 Å². The van der Waals surface area contributed by atoms with Crippen LogP contribution in [0.4, 0.5) is 5.82 Å². The van der Waals surface area contributed by atoms with E-state index in [-0.39, 0.29) is 11.7 Å². The lowest BCUT2D eigenvalue weighted by Crippen LogP contribution is -2.37. The molecule has 32 heavy (non-hydrogen) atoms. The molecule has 0 amide bonds. The summed E-state index contributed by atoms with van der Waals surface area (Å²) in [6, 6.07) is 3.91. The van der Waals surface area contributed by atoms with Crippen molar-refractivity contribution in [1.82, 2.24) is 43.8 Å². The van der Waals surface area contributed by atoms with Gasteiger partial charge in [0.2, 0.25) is 0 Å². The largest absolute Gasteiger partial charge is 0.355 e. The standard InChI is InChI=1S/C21H22N10O/c1-28-11-13(10-25-28)18-26-16-19(29(18)2)23-12-24-20(16)30-8-5-14(6-9-30)31-15-4-3-7-22-17(15)27-21(31)32/h3-4,7,10-12,14H,5-6,8-9H2,1-2H3,(H,22,27,32). The molecule has 162 valence electrons. The highest BCUT2D eigenvalue weighted by atomic mass is 16.1. The van der Waals surface area contributed by atoms with Crippen LogP contribution in [0.3, 0.4) is 0 Å². The van der Waals surface area contributed by atoms with Crippen LogP contribution < -0.4 is 10.6 Å². The summed E-state index contributed by atoms with van der Waals surface area (Å²) in [6.45, 7) is 1.55. The number of rotatable bonds is 3. The molecule has 11 nitrogen and oxygen atoms in total. The first-order valence-corrected chi connectivity index (χ1v) is 10.6. The van der Waals surface area contributed by atoms with Gasteiger partial charge in [-0.25, -0.2) is 24.7 Å². The van der Waals surface area contributed by atoms with Gasteiger partial charge in [-0.1, -0.05) is 0 Å². The monoisotopic (exact) mass is 430 g/mol. The maximum Gasteiger partial charge on any atom is 0.327 e. The molecular formula is C21H22N10O. The van der Waals surface area contributed by atoms with Crippen molar-refractivity contribution in [2.24, 2.45) is 14.1 Å². The van der Waals surface area contributed by atoms with Crippen molar-refractivity contribution >= 4 is 28.1 Å². The predicted molar refractivity (Wildman–Crippen MR) is 119 cm³/mol. The maximum atomic E-state index is 12.6. The molecule has 5 aromatic heterocycles. The van der Waals surface area contributed by atoms with E-state index in [0.29, 0.717) is 5.65 Å². The summed E-state index contributed by atoms with van der Waals surface area (Å²) in [5, 5.41) is 4.26. The Morgan fingerprint density at radius 2 is 1.97 bits per heavy atom. The summed E-state index contributed by atoms with van der Waals surface area (Å²) in [6.07, 6.45) is 8.68. The zero-order valence-electron chi connectivity index (χ0n) is 17.8. The molecule has 1 aliphatic rings. The Labute approximate surface area is 182 Å². The Morgan fingerprint density at radius 3 is 2.75 bits per heavy atom. The Kier molecular flexibility index (Phi) is 4.10. The molecule has 11 heteroatoms. The number of nitrogens with zero attached hydrogens (tertiary/aromatic N) is 9. The zero-order chi connectivity index (χ0) is 21.8. The fourth-order valence-electron chi connectivity index (χ4n) is 4.67. The van der Waals surface area contributed by atoms with Gasteiger partial charge in [0.25, 0.3) is 0 Å². The number of imidazole rings is 2. The first-order valence-electron chi connectivity index (χ1n) is 10.6. The van der Waals surface area contributed by atoms with Crippen LogP contribution in [0.1, 0.15) is 18.9 Å². The summed E-state index contributed by atoms with van der Waals surface area (Å²) in [5.74, 6) is 1.63. The average Bonchev–Trinajstić information content (AvgIpc) is 3.48. The summed E-state index contributed by atoms with van der Waals surface area (Å²) in [7, 11) is 3.84. The smallest absolute Gasteiger partial charge is 0.327 e. The molecule has 6 heterocycles. The van der Waals surface area contributed by atoms with Crippen molar-refractivity contribution in [3.8, 4) is 11.4 Å². The quantitative estimate of drug-likeness (QED) is 0.463. The Morgan fingerprint density at radius 1 is 1.12 bits per heavy atom. The fourth-order valence-corrected chi connectivity index (χ4v) is 4.67. The second-order valence-electron chi connectivity index (χ2n) is 8.16. The molecule has 1 fully saturated rings. The van der Waals surface area contributed by atoms with E-state index in [1.807, 2.05) is 41.6 Å². The van der Waals surface area contributed by atoms with Crippen molar-refractivity contribution in [3.63, 3.8) is 0 Å². The molecule has 0 spiro atoms. The first kappa shape index (κ1) is 18.7. The Hall–Kier alpha value is -4.02. The molecule has 0 atom stereocenters. The van der Waals surface area contributed by atoms with Crippen molar-refractivity contribution < 1.29 is 0 Å². The lowest BCUT2D eigenvalue weighted by Gasteiger charge is -2.33. The second-order valence-corrected chi connectivity index (χ2v) is 8.16. The Balaban J connectivity index is 1.32. The highest BCUT2D eigenvalue weighted by Crippen LogP contribution is 2.31. The molecule has 6 rings (SSSR count). The van der Waals surface area contributed by atoms with Gasteiger partial charge < -0.3 is 9.47 Å². The highest BCUT2D eigenvalue weighted by Gasteiger charge is 2.27. The number of aromatic nitrogens is 9. The summed E-state index contributed by atoms with van der Waals surface area (Å²) >= 11 is 0. The lowest BCUT2D eigenvalue weighted by atomic mass is 10.0. The van der Waals surface area contributed by atoms with Crippen LogP contribution in [0, 0.1) is 0 Å². The summed E-state index contributed by atoms with van der Waals surface area (Å²) in [4.78, 5) is 35.8. The third kappa shape index (κ3) is 2.81. The highest BCUT2D eigenvalue weighted by molar-refractivity contribution is 5.86. The molecule has 0 radical (unpaired) electrons. The van der Waals surface area contributed by atoms with Crippen LogP contribution in [-0.2, 0) is 14.1 Å². The normalized spacial score (nSPS) is 15.2. The van der Waals surface area contributed by atoms with E-state index in [9.17, 15) is 4.79 Å². The molecular weight excluding hydrogens is 408 g/mol. The molecule has 1 N–H and O–H groups in total. The van der Waals surface area contributed by atoms with Gasteiger partial charge in [-0.15, -0.1) is 0 Å². The second kappa shape index (κ2) is 7.01. The number of aromatic amines is 1. The van der Waals surface area contributed by atoms with Crippen molar-refractivity contribution in [3.05, 3.63) is 47.5 Å². The summed E-state index contributed by atoms with van der Waals surface area (Å²) in [5.41, 5.74) is 3.88. The third-order valence-electron chi connectivity index (χ3n) is 6.22. The minimum Gasteiger partial charge on any atom is -0.355 e. The zero-order valence-corrected chi connectivity index (χ0v) is 17.8. The van der Waals surface area contributed by atoms with E-state index >= 15 is 0 Å². The number of hydrogen-bond donors (Lipinski definition) is 1. The molecule has 5 aromatic rings. The van der Waals surface area contributed by atoms with E-state index in [2.05, 4.69) is 29.9 Å². The van der Waals surface area contributed by atoms with E-state index in [1.54, 1.807) is 23.4 Å². The van der Waals surface area contributed by atoms with E-state index in [1.165, 1.54) is 0 Å². The van der Waals surface area contributed by atoms with Gasteiger partial charge in [-0.3, -0.25) is 14.2 Å². The number of nitrogens with one attached hydrogen (secondary N) is 1. The number of piperidine rings is 1. The number of aryl methyl sites for hydroxylation is 2. The number of pyridine rings is 1. The molecule has 1 aliphatic heterocycles. The molecule has 1 saturated heterocycles. The van der Waals surface area contributed by atoms with E-state index < -0.39 is 0 Å². The number of hydrogen-bond acceptors (Lipinski definition) is 7. The number of H-pyrrole nitrogens is 1. The van der Waals surface area contributed by atoms with Crippen LogP contribution in [0.15, 0.2) is 41.8 Å².